The summed E-state index contributed by atoms with van der Waals surface area (Å²) < 4.78 is 6.02. The van der Waals surface area contributed by atoms with E-state index in [1.807, 2.05) is 6.92 Å². The summed E-state index contributed by atoms with van der Waals surface area (Å²) in [7, 11) is 0. The third kappa shape index (κ3) is 3.30. The number of halogens is 1. The van der Waals surface area contributed by atoms with Crippen LogP contribution in [-0.2, 0) is 14.3 Å². The first kappa shape index (κ1) is 14.0. The number of pyridine rings is 1. The quantitative estimate of drug-likeness (QED) is 0.882. The van der Waals surface area contributed by atoms with E-state index in [4.69, 9.17) is 9.84 Å². The lowest BCUT2D eigenvalue weighted by Crippen LogP contribution is -2.30. The molecule has 0 aliphatic carbocycles. The summed E-state index contributed by atoms with van der Waals surface area (Å²) in [6, 6.07) is 1.73. The third-order valence-electron chi connectivity index (χ3n) is 2.89. The molecule has 1 amide bonds. The highest BCUT2D eigenvalue weighted by Crippen LogP contribution is 2.22. The number of aryl methyl sites for hydroxylation is 1. The average molecular weight is 329 g/mol. The lowest BCUT2D eigenvalue weighted by molar-refractivity contribution is -0.150. The molecule has 0 saturated carbocycles. The Kier molecular flexibility index (Phi) is 4.16. The topological polar surface area (TPSA) is 88.5 Å². The molecule has 1 saturated heterocycles. The van der Waals surface area contributed by atoms with Crippen molar-refractivity contribution in [3.05, 3.63) is 22.3 Å². The average Bonchev–Trinajstić information content (AvgIpc) is 2.83. The summed E-state index contributed by atoms with van der Waals surface area (Å²) in [6.45, 7) is 1.88. The predicted octanol–water partition coefficient (Wildman–Crippen LogP) is 1.72. The van der Waals surface area contributed by atoms with Crippen molar-refractivity contribution < 1.29 is 19.4 Å². The van der Waals surface area contributed by atoms with Gasteiger partial charge in [-0.1, -0.05) is 0 Å². The van der Waals surface area contributed by atoms with Crippen molar-refractivity contribution in [1.29, 1.82) is 0 Å². The molecule has 0 unspecified atom stereocenters. The molecule has 2 heterocycles. The molecule has 1 aromatic heterocycles. The SMILES string of the molecule is Cc1cc(NC(=O)[C@@H]2CC[C@H](C(=O)O)O2)ncc1Br. The van der Waals surface area contributed by atoms with E-state index in [-0.39, 0.29) is 5.91 Å². The normalized spacial score (nSPS) is 22.2. The molecule has 7 heteroatoms. The monoisotopic (exact) mass is 328 g/mol. The first-order valence-corrected chi connectivity index (χ1v) is 6.58. The second-order valence-electron chi connectivity index (χ2n) is 4.34. The number of ether oxygens (including phenoxy) is 1. The molecule has 0 aromatic carbocycles. The fourth-order valence-electron chi connectivity index (χ4n) is 1.83. The Labute approximate surface area is 118 Å². The number of anilines is 1. The van der Waals surface area contributed by atoms with Crippen LogP contribution in [0, 0.1) is 6.92 Å². The molecule has 2 rings (SSSR count). The molecule has 2 N–H and O–H groups in total. The second-order valence-corrected chi connectivity index (χ2v) is 5.19. The van der Waals surface area contributed by atoms with E-state index in [1.165, 1.54) is 0 Å². The van der Waals surface area contributed by atoms with Crippen molar-refractivity contribution in [3.63, 3.8) is 0 Å². The van der Waals surface area contributed by atoms with Crippen LogP contribution in [-0.4, -0.2) is 34.2 Å². The molecule has 2 atom stereocenters. The van der Waals surface area contributed by atoms with E-state index in [0.29, 0.717) is 18.7 Å². The van der Waals surface area contributed by atoms with E-state index in [0.717, 1.165) is 10.0 Å². The standard InChI is InChI=1S/C12H13BrN2O4/c1-6-4-10(14-5-7(6)13)15-11(16)8-2-3-9(19-8)12(17)18/h4-5,8-9H,2-3H2,1H3,(H,17,18)(H,14,15,16)/t8-,9+/m0/s1. The number of nitrogens with zero attached hydrogens (tertiary/aromatic N) is 1. The van der Waals surface area contributed by atoms with Crippen LogP contribution in [0.3, 0.4) is 0 Å². The van der Waals surface area contributed by atoms with Gasteiger partial charge in [-0.15, -0.1) is 0 Å². The Morgan fingerprint density at radius 3 is 2.74 bits per heavy atom. The molecule has 1 aliphatic rings. The summed E-state index contributed by atoms with van der Waals surface area (Å²) in [6.07, 6.45) is 0.723. The van der Waals surface area contributed by atoms with Crippen LogP contribution in [0.15, 0.2) is 16.7 Å². The van der Waals surface area contributed by atoms with Gasteiger partial charge in [0.05, 0.1) is 0 Å². The van der Waals surface area contributed by atoms with Crippen molar-refractivity contribution in [2.24, 2.45) is 0 Å². The lowest BCUT2D eigenvalue weighted by Gasteiger charge is -2.11. The summed E-state index contributed by atoms with van der Waals surface area (Å²) >= 11 is 3.32. The minimum Gasteiger partial charge on any atom is -0.479 e. The molecule has 1 fully saturated rings. The Bertz CT molecular complexity index is 520. The molecule has 102 valence electrons. The van der Waals surface area contributed by atoms with Crippen molar-refractivity contribution in [2.45, 2.75) is 32.0 Å². The maximum absolute atomic E-state index is 11.9. The van der Waals surface area contributed by atoms with E-state index in [1.54, 1.807) is 12.3 Å². The number of carbonyl (C=O) groups is 2. The molecule has 1 aromatic rings. The van der Waals surface area contributed by atoms with Crippen LogP contribution in [0.4, 0.5) is 5.82 Å². The van der Waals surface area contributed by atoms with Crippen molar-refractivity contribution in [1.82, 2.24) is 4.98 Å². The number of carbonyl (C=O) groups excluding carboxylic acids is 1. The Hall–Kier alpha value is -1.47. The van der Waals surface area contributed by atoms with Crippen molar-refractivity contribution >= 4 is 33.6 Å². The molecule has 6 nitrogen and oxygen atoms in total. The Balaban J connectivity index is 1.98. The molecule has 0 spiro atoms. The highest BCUT2D eigenvalue weighted by molar-refractivity contribution is 9.10. The number of amides is 1. The third-order valence-corrected chi connectivity index (χ3v) is 3.72. The summed E-state index contributed by atoms with van der Waals surface area (Å²) in [5, 5.41) is 11.4. The van der Waals surface area contributed by atoms with Crippen LogP contribution >= 0.6 is 15.9 Å². The van der Waals surface area contributed by atoms with Crippen molar-refractivity contribution in [2.75, 3.05) is 5.32 Å². The fourth-order valence-corrected chi connectivity index (χ4v) is 2.04. The van der Waals surface area contributed by atoms with Gasteiger partial charge in [-0.05, 0) is 47.3 Å². The highest BCUT2D eigenvalue weighted by Gasteiger charge is 2.34. The summed E-state index contributed by atoms with van der Waals surface area (Å²) in [5.74, 6) is -0.973. The highest BCUT2D eigenvalue weighted by atomic mass is 79.9. The first-order chi connectivity index (χ1) is 8.97. The first-order valence-electron chi connectivity index (χ1n) is 5.78. The molecule has 0 radical (unpaired) electrons. The van der Waals surface area contributed by atoms with Gasteiger partial charge in [-0.3, -0.25) is 4.79 Å². The number of hydrogen-bond donors (Lipinski definition) is 2. The number of aliphatic carboxylic acids is 1. The van der Waals surface area contributed by atoms with E-state index >= 15 is 0 Å². The molecular formula is C12H13BrN2O4. The number of nitrogens with one attached hydrogen (secondary N) is 1. The largest absolute Gasteiger partial charge is 0.479 e. The zero-order valence-corrected chi connectivity index (χ0v) is 11.8. The van der Waals surface area contributed by atoms with E-state index in [9.17, 15) is 9.59 Å². The van der Waals surface area contributed by atoms with Gasteiger partial charge in [-0.25, -0.2) is 9.78 Å². The van der Waals surface area contributed by atoms with Crippen molar-refractivity contribution in [3.8, 4) is 0 Å². The van der Waals surface area contributed by atoms with Crippen LogP contribution in [0.25, 0.3) is 0 Å². The predicted molar refractivity (Wildman–Crippen MR) is 70.8 cm³/mol. The fraction of sp³-hybridized carbons (Fsp3) is 0.417. The Morgan fingerprint density at radius 2 is 2.16 bits per heavy atom. The number of aromatic nitrogens is 1. The minimum atomic E-state index is -1.03. The zero-order chi connectivity index (χ0) is 14.0. The number of rotatable bonds is 3. The molecule has 1 aliphatic heterocycles. The number of hydrogen-bond acceptors (Lipinski definition) is 4. The number of carboxylic acid groups (broad SMARTS) is 1. The Morgan fingerprint density at radius 1 is 1.47 bits per heavy atom. The van der Waals surface area contributed by atoms with E-state index < -0.39 is 18.2 Å². The van der Waals surface area contributed by atoms with Gasteiger partial charge in [0, 0.05) is 10.7 Å². The van der Waals surface area contributed by atoms with Gasteiger partial charge in [0.25, 0.3) is 5.91 Å². The zero-order valence-electron chi connectivity index (χ0n) is 10.2. The molecular weight excluding hydrogens is 316 g/mol. The molecule has 19 heavy (non-hydrogen) atoms. The van der Waals surface area contributed by atoms with Gasteiger partial charge < -0.3 is 15.2 Å². The maximum Gasteiger partial charge on any atom is 0.332 e. The van der Waals surface area contributed by atoms with Gasteiger partial charge in [-0.2, -0.15) is 0 Å². The van der Waals surface area contributed by atoms with E-state index in [2.05, 4.69) is 26.2 Å². The summed E-state index contributed by atoms with van der Waals surface area (Å²) in [4.78, 5) is 26.7. The maximum atomic E-state index is 11.9. The summed E-state index contributed by atoms with van der Waals surface area (Å²) in [5.41, 5.74) is 0.945. The number of carboxylic acids is 1. The van der Waals surface area contributed by atoms with Crippen LogP contribution in [0.2, 0.25) is 0 Å². The smallest absolute Gasteiger partial charge is 0.332 e. The molecule has 0 bridgehead atoms. The minimum absolute atomic E-state index is 0.347. The van der Waals surface area contributed by atoms with Gasteiger partial charge in [0.2, 0.25) is 0 Å². The van der Waals surface area contributed by atoms with Crippen LogP contribution in [0.5, 0.6) is 0 Å². The second kappa shape index (κ2) is 5.66. The van der Waals surface area contributed by atoms with Gasteiger partial charge in [0.15, 0.2) is 6.10 Å². The van der Waals surface area contributed by atoms with Crippen LogP contribution < -0.4 is 5.32 Å². The van der Waals surface area contributed by atoms with Gasteiger partial charge >= 0.3 is 5.97 Å². The lowest BCUT2D eigenvalue weighted by atomic mass is 10.2. The van der Waals surface area contributed by atoms with Gasteiger partial charge in [0.1, 0.15) is 11.9 Å². The van der Waals surface area contributed by atoms with Crippen LogP contribution in [0.1, 0.15) is 18.4 Å².